The second-order valence-electron chi connectivity index (χ2n) is 3.92. The molecule has 0 spiro atoms. The van der Waals surface area contributed by atoms with Crippen LogP contribution in [0, 0.1) is 5.92 Å². The Morgan fingerprint density at radius 3 is 2.64 bits per heavy atom. The number of amidine groups is 1. The van der Waals surface area contributed by atoms with Gasteiger partial charge in [-0.1, -0.05) is 13.8 Å². The monoisotopic (exact) mass is 215 g/mol. The lowest BCUT2D eigenvalue weighted by Crippen LogP contribution is -2.35. The van der Waals surface area contributed by atoms with Gasteiger partial charge < -0.3 is 5.73 Å². The van der Waals surface area contributed by atoms with Gasteiger partial charge in [0, 0.05) is 37.1 Å². The summed E-state index contributed by atoms with van der Waals surface area (Å²) in [5, 5.41) is 0. The van der Waals surface area contributed by atoms with Gasteiger partial charge in [-0.3, -0.25) is 9.89 Å². The summed E-state index contributed by atoms with van der Waals surface area (Å²) in [5.74, 6) is 3.70. The quantitative estimate of drug-likeness (QED) is 0.563. The zero-order valence-corrected chi connectivity index (χ0v) is 10.0. The van der Waals surface area contributed by atoms with Crippen molar-refractivity contribution >= 4 is 17.6 Å². The Morgan fingerprint density at radius 1 is 1.43 bits per heavy atom. The van der Waals surface area contributed by atoms with Crippen molar-refractivity contribution in [2.24, 2.45) is 16.6 Å². The van der Waals surface area contributed by atoms with Gasteiger partial charge in [0.1, 0.15) is 0 Å². The predicted octanol–water partition coefficient (Wildman–Crippen LogP) is 1.05. The molecule has 0 saturated carbocycles. The van der Waals surface area contributed by atoms with E-state index in [1.165, 1.54) is 24.6 Å². The molecule has 14 heavy (non-hydrogen) atoms. The third-order valence-electron chi connectivity index (χ3n) is 2.41. The van der Waals surface area contributed by atoms with Gasteiger partial charge >= 0.3 is 0 Å². The summed E-state index contributed by atoms with van der Waals surface area (Å²) in [6, 6.07) is 0. The summed E-state index contributed by atoms with van der Waals surface area (Å²) >= 11 is 2.04. The number of nitrogens with two attached hydrogens (primary N) is 1. The molecule has 1 aliphatic heterocycles. The van der Waals surface area contributed by atoms with Crippen molar-refractivity contribution in [3.63, 3.8) is 0 Å². The zero-order chi connectivity index (χ0) is 10.4. The summed E-state index contributed by atoms with van der Waals surface area (Å²) in [7, 11) is 0. The lowest BCUT2D eigenvalue weighted by atomic mass is 10.2. The summed E-state index contributed by atoms with van der Waals surface area (Å²) in [4.78, 5) is 6.83. The molecule has 1 heterocycles. The van der Waals surface area contributed by atoms with Gasteiger partial charge in [-0.25, -0.2) is 0 Å². The van der Waals surface area contributed by atoms with Gasteiger partial charge in [-0.2, -0.15) is 11.8 Å². The van der Waals surface area contributed by atoms with Crippen LogP contribution in [-0.2, 0) is 0 Å². The van der Waals surface area contributed by atoms with E-state index in [1.54, 1.807) is 0 Å². The first-order valence-electron chi connectivity index (χ1n) is 5.30. The highest BCUT2D eigenvalue weighted by Gasteiger charge is 2.09. The fourth-order valence-electron chi connectivity index (χ4n) is 1.33. The number of thioether (sulfide) groups is 1. The molecule has 0 bridgehead atoms. The molecular weight excluding hydrogens is 194 g/mol. The van der Waals surface area contributed by atoms with E-state index in [0.717, 1.165) is 18.9 Å². The number of aliphatic imine (C=N–C) groups is 1. The Morgan fingerprint density at radius 2 is 2.07 bits per heavy atom. The van der Waals surface area contributed by atoms with Crippen LogP contribution in [0.25, 0.3) is 0 Å². The standard InChI is InChI=1S/C10H21N3S/c1-9(2)10(11)12-3-4-13-5-7-14-8-6-13/h9H,3-8H2,1-2H3,(H2,11,12). The molecule has 1 rings (SSSR count). The SMILES string of the molecule is CC(C)C(N)=NCCN1CCSCC1. The Balaban J connectivity index is 2.16. The molecule has 3 nitrogen and oxygen atoms in total. The normalized spacial score (nSPS) is 20.4. The molecule has 1 aliphatic rings. The van der Waals surface area contributed by atoms with E-state index in [-0.39, 0.29) is 0 Å². The minimum Gasteiger partial charge on any atom is -0.387 e. The van der Waals surface area contributed by atoms with Crippen LogP contribution in [0.1, 0.15) is 13.8 Å². The molecule has 0 unspecified atom stereocenters. The van der Waals surface area contributed by atoms with Crippen molar-refractivity contribution in [1.82, 2.24) is 4.90 Å². The summed E-state index contributed by atoms with van der Waals surface area (Å²) in [6.45, 7) is 8.50. The molecule has 0 aromatic carbocycles. The summed E-state index contributed by atoms with van der Waals surface area (Å²) in [6.07, 6.45) is 0. The molecule has 0 aliphatic carbocycles. The van der Waals surface area contributed by atoms with Gasteiger partial charge in [0.05, 0.1) is 12.4 Å². The topological polar surface area (TPSA) is 41.6 Å². The first-order chi connectivity index (χ1) is 6.70. The van der Waals surface area contributed by atoms with Crippen molar-refractivity contribution in [2.45, 2.75) is 13.8 Å². The lowest BCUT2D eigenvalue weighted by Gasteiger charge is -2.25. The first kappa shape index (κ1) is 11.9. The molecule has 4 heteroatoms. The van der Waals surface area contributed by atoms with Crippen LogP contribution in [0.15, 0.2) is 4.99 Å². The number of nitrogens with zero attached hydrogens (tertiary/aromatic N) is 2. The fourth-order valence-corrected chi connectivity index (χ4v) is 2.31. The van der Waals surface area contributed by atoms with Crippen LogP contribution in [-0.4, -0.2) is 48.4 Å². The summed E-state index contributed by atoms with van der Waals surface area (Å²) in [5.41, 5.74) is 5.76. The largest absolute Gasteiger partial charge is 0.387 e. The maximum atomic E-state index is 5.76. The molecule has 0 aromatic rings. The van der Waals surface area contributed by atoms with E-state index < -0.39 is 0 Å². The van der Waals surface area contributed by atoms with Crippen LogP contribution in [0.5, 0.6) is 0 Å². The first-order valence-corrected chi connectivity index (χ1v) is 6.45. The third kappa shape index (κ3) is 4.33. The smallest absolute Gasteiger partial charge is 0.0963 e. The molecule has 0 aromatic heterocycles. The van der Waals surface area contributed by atoms with Gasteiger partial charge in [-0.15, -0.1) is 0 Å². The minimum atomic E-state index is 0.381. The Labute approximate surface area is 91.1 Å². The van der Waals surface area contributed by atoms with E-state index in [0.29, 0.717) is 5.92 Å². The average Bonchev–Trinajstić information content (AvgIpc) is 2.19. The van der Waals surface area contributed by atoms with Crippen molar-refractivity contribution < 1.29 is 0 Å². The van der Waals surface area contributed by atoms with Crippen LogP contribution >= 0.6 is 11.8 Å². The maximum Gasteiger partial charge on any atom is 0.0963 e. The Hall–Kier alpha value is -0.220. The van der Waals surface area contributed by atoms with Crippen LogP contribution in [0.3, 0.4) is 0 Å². The Kier molecular flexibility index (Phi) is 5.33. The highest BCUT2D eigenvalue weighted by Crippen LogP contribution is 2.08. The van der Waals surface area contributed by atoms with Crippen LogP contribution in [0.2, 0.25) is 0 Å². The van der Waals surface area contributed by atoms with E-state index in [2.05, 4.69) is 23.7 Å². The fraction of sp³-hybridized carbons (Fsp3) is 0.900. The van der Waals surface area contributed by atoms with Crippen molar-refractivity contribution in [3.05, 3.63) is 0 Å². The highest BCUT2D eigenvalue weighted by atomic mass is 32.2. The zero-order valence-electron chi connectivity index (χ0n) is 9.20. The van der Waals surface area contributed by atoms with Gasteiger partial charge in [0.2, 0.25) is 0 Å². The van der Waals surface area contributed by atoms with E-state index in [9.17, 15) is 0 Å². The summed E-state index contributed by atoms with van der Waals surface area (Å²) < 4.78 is 0. The van der Waals surface area contributed by atoms with Crippen molar-refractivity contribution in [1.29, 1.82) is 0 Å². The van der Waals surface area contributed by atoms with Gasteiger partial charge in [0.25, 0.3) is 0 Å². The average molecular weight is 215 g/mol. The predicted molar refractivity (Wildman–Crippen MR) is 65.1 cm³/mol. The molecule has 0 radical (unpaired) electrons. The van der Waals surface area contributed by atoms with E-state index >= 15 is 0 Å². The van der Waals surface area contributed by atoms with Crippen molar-refractivity contribution in [3.8, 4) is 0 Å². The number of rotatable bonds is 4. The lowest BCUT2D eigenvalue weighted by molar-refractivity contribution is 0.311. The van der Waals surface area contributed by atoms with Crippen LogP contribution < -0.4 is 5.73 Å². The second kappa shape index (κ2) is 6.30. The molecule has 1 fully saturated rings. The van der Waals surface area contributed by atoms with Crippen molar-refractivity contribution in [2.75, 3.05) is 37.7 Å². The number of hydrogen-bond donors (Lipinski definition) is 1. The van der Waals surface area contributed by atoms with Gasteiger partial charge in [-0.05, 0) is 0 Å². The number of hydrogen-bond acceptors (Lipinski definition) is 3. The molecule has 2 N–H and O–H groups in total. The molecule has 0 amide bonds. The van der Waals surface area contributed by atoms with Gasteiger partial charge in [0.15, 0.2) is 0 Å². The molecular formula is C10H21N3S. The van der Waals surface area contributed by atoms with Crippen LogP contribution in [0.4, 0.5) is 0 Å². The van der Waals surface area contributed by atoms with E-state index in [4.69, 9.17) is 5.73 Å². The second-order valence-corrected chi connectivity index (χ2v) is 5.14. The molecule has 82 valence electrons. The maximum absolute atomic E-state index is 5.76. The molecule has 0 atom stereocenters. The minimum absolute atomic E-state index is 0.381. The third-order valence-corrected chi connectivity index (χ3v) is 3.35. The van der Waals surface area contributed by atoms with E-state index in [1.807, 2.05) is 11.8 Å². The highest BCUT2D eigenvalue weighted by molar-refractivity contribution is 7.99. The Bertz CT molecular complexity index is 186. The molecule has 1 saturated heterocycles.